The third-order valence-electron chi connectivity index (χ3n) is 7.03. The van der Waals surface area contributed by atoms with Crippen LogP contribution in [0.2, 0.25) is 0 Å². The lowest BCUT2D eigenvalue weighted by atomic mass is 10.2. The molecule has 2 amide bonds. The molecule has 0 bridgehead atoms. The average molecular weight is 675 g/mol. The molecule has 5 rings (SSSR count). The van der Waals surface area contributed by atoms with E-state index in [1.807, 2.05) is 99.7 Å². The Labute approximate surface area is 283 Å². The van der Waals surface area contributed by atoms with Crippen molar-refractivity contribution in [3.8, 4) is 5.75 Å². The van der Waals surface area contributed by atoms with E-state index in [2.05, 4.69) is 10.6 Å². The molecule has 3 aromatic carbocycles. The van der Waals surface area contributed by atoms with Crippen LogP contribution >= 0.6 is 23.5 Å². The predicted molar refractivity (Wildman–Crippen MR) is 189 cm³/mol. The lowest BCUT2D eigenvalue weighted by Crippen LogP contribution is -2.29. The van der Waals surface area contributed by atoms with Crippen molar-refractivity contribution in [1.82, 2.24) is 9.80 Å². The van der Waals surface area contributed by atoms with Crippen LogP contribution in [0.1, 0.15) is 19.4 Å². The number of carbonyl (C=O) groups excluding carboxylic acids is 3. The number of thioether (sulfide) groups is 2. The van der Waals surface area contributed by atoms with Crippen molar-refractivity contribution in [2.45, 2.75) is 25.3 Å². The highest BCUT2D eigenvalue weighted by atomic mass is 32.2. The quantitative estimate of drug-likeness (QED) is 0.140. The van der Waals surface area contributed by atoms with E-state index in [-0.39, 0.29) is 37.5 Å². The van der Waals surface area contributed by atoms with Crippen molar-refractivity contribution >= 4 is 69.2 Å². The zero-order valence-corrected chi connectivity index (χ0v) is 28.7. The number of aliphatic imine (C=N–C) groups is 1. The number of fused-ring (bicyclic) bond motifs is 1. The number of hydrogen-bond donors (Lipinski definition) is 2. The first-order valence-electron chi connectivity index (χ1n) is 15.1. The number of anilines is 3. The SMILES string of the molecule is CCNc1ccc(NC(=O)CN(C)C)cc1N=C1S/C(=C2\Sc3ccc(OCCOC(C)=O)cc3N2C)C(=O)N1Cc1ccccc1. The first kappa shape index (κ1) is 33.9. The van der Waals surface area contributed by atoms with E-state index in [9.17, 15) is 14.4 Å². The van der Waals surface area contributed by atoms with Crippen molar-refractivity contribution < 1.29 is 23.9 Å². The van der Waals surface area contributed by atoms with Crippen molar-refractivity contribution in [3.05, 3.63) is 82.2 Å². The molecule has 2 aliphatic rings. The number of likely N-dealkylation sites (N-methyl/N-ethyl adjacent to an activating group) is 1. The predicted octanol–water partition coefficient (Wildman–Crippen LogP) is 5.73. The Balaban J connectivity index is 1.48. The number of ether oxygens (including phenoxy) is 2. The van der Waals surface area contributed by atoms with Crippen LogP contribution < -0.4 is 20.3 Å². The molecule has 246 valence electrons. The molecule has 0 spiro atoms. The standard InChI is InChI=1S/C34H38N6O5S2/c1-6-35-26-14-12-24(36-30(42)21-38(3)4)18-27(26)37-34-40(20-23-10-8-7-9-11-23)32(43)31(47-34)33-39(5)28-19-25(13-15-29(28)46-33)45-17-16-44-22(2)41/h7-15,18-19,35H,6,16-17,20-21H2,1-5H3,(H,36,42)/b33-31-,37-34?. The first-order valence-corrected chi connectivity index (χ1v) is 16.8. The van der Waals surface area contributed by atoms with Crippen molar-refractivity contribution in [2.24, 2.45) is 4.99 Å². The molecule has 0 unspecified atom stereocenters. The van der Waals surface area contributed by atoms with Crippen LogP contribution in [-0.2, 0) is 25.7 Å². The molecule has 3 aromatic rings. The molecule has 1 saturated heterocycles. The van der Waals surface area contributed by atoms with E-state index < -0.39 is 0 Å². The van der Waals surface area contributed by atoms with Gasteiger partial charge in [0, 0.05) is 37.2 Å². The zero-order valence-electron chi connectivity index (χ0n) is 27.0. The van der Waals surface area contributed by atoms with Crippen LogP contribution in [0.15, 0.2) is 86.6 Å². The normalized spacial score (nSPS) is 16.6. The van der Waals surface area contributed by atoms with Gasteiger partial charge in [-0.15, -0.1) is 0 Å². The van der Waals surface area contributed by atoms with Gasteiger partial charge in [0.2, 0.25) is 5.91 Å². The molecular formula is C34H38N6O5S2. The summed E-state index contributed by atoms with van der Waals surface area (Å²) < 4.78 is 10.8. The molecule has 13 heteroatoms. The molecule has 0 aromatic heterocycles. The summed E-state index contributed by atoms with van der Waals surface area (Å²) in [6.45, 7) is 5.04. The molecule has 11 nitrogen and oxygen atoms in total. The van der Waals surface area contributed by atoms with Crippen molar-refractivity contribution in [2.75, 3.05) is 63.0 Å². The number of rotatable bonds is 12. The highest BCUT2D eigenvalue weighted by Gasteiger charge is 2.39. The van der Waals surface area contributed by atoms with E-state index in [1.165, 1.54) is 30.4 Å². The van der Waals surface area contributed by atoms with Gasteiger partial charge in [-0.3, -0.25) is 19.3 Å². The number of carbonyl (C=O) groups is 3. The number of amidine groups is 1. The second-order valence-electron chi connectivity index (χ2n) is 11.0. The fourth-order valence-electron chi connectivity index (χ4n) is 4.92. The Bertz CT molecular complexity index is 1710. The summed E-state index contributed by atoms with van der Waals surface area (Å²) in [6.07, 6.45) is 0. The summed E-state index contributed by atoms with van der Waals surface area (Å²) in [7, 11) is 5.61. The van der Waals surface area contributed by atoms with Crippen LogP contribution in [0, 0.1) is 0 Å². The van der Waals surface area contributed by atoms with Crippen molar-refractivity contribution in [1.29, 1.82) is 0 Å². The van der Waals surface area contributed by atoms with E-state index >= 15 is 0 Å². The molecule has 2 aliphatic heterocycles. The summed E-state index contributed by atoms with van der Waals surface area (Å²) >= 11 is 2.86. The van der Waals surface area contributed by atoms with Gasteiger partial charge in [-0.1, -0.05) is 42.1 Å². The number of nitrogens with zero attached hydrogens (tertiary/aromatic N) is 4. The highest BCUT2D eigenvalue weighted by molar-refractivity contribution is 8.19. The van der Waals surface area contributed by atoms with Crippen LogP contribution in [-0.4, -0.2) is 80.2 Å². The summed E-state index contributed by atoms with van der Waals surface area (Å²) in [5, 5.41) is 7.63. The summed E-state index contributed by atoms with van der Waals surface area (Å²) in [4.78, 5) is 49.9. The number of benzene rings is 3. The highest BCUT2D eigenvalue weighted by Crippen LogP contribution is 2.51. The number of amides is 2. The smallest absolute Gasteiger partial charge is 0.302 e. The number of nitrogens with one attached hydrogen (secondary N) is 2. The van der Waals surface area contributed by atoms with E-state index in [0.29, 0.717) is 40.3 Å². The third-order valence-corrected chi connectivity index (χ3v) is 9.46. The van der Waals surface area contributed by atoms with Crippen LogP contribution in [0.25, 0.3) is 0 Å². The Morgan fingerprint density at radius 1 is 1.00 bits per heavy atom. The maximum Gasteiger partial charge on any atom is 0.302 e. The second kappa shape index (κ2) is 15.4. The van der Waals surface area contributed by atoms with Gasteiger partial charge in [0.15, 0.2) is 5.17 Å². The molecule has 1 fully saturated rings. The van der Waals surface area contributed by atoms with Gasteiger partial charge >= 0.3 is 5.97 Å². The fraction of sp³-hybridized carbons (Fsp3) is 0.294. The molecule has 2 N–H and O–H groups in total. The lowest BCUT2D eigenvalue weighted by Gasteiger charge is -2.18. The van der Waals surface area contributed by atoms with Gasteiger partial charge in [0.25, 0.3) is 5.91 Å². The maximum absolute atomic E-state index is 14.2. The minimum atomic E-state index is -0.352. The topological polar surface area (TPSA) is 116 Å². The molecule has 47 heavy (non-hydrogen) atoms. The van der Waals surface area contributed by atoms with E-state index in [1.54, 1.807) is 9.80 Å². The average Bonchev–Trinajstić information content (AvgIpc) is 3.51. The Hall–Kier alpha value is -4.46. The molecule has 0 saturated carbocycles. The first-order chi connectivity index (χ1) is 22.6. The fourth-order valence-corrected chi connectivity index (χ4v) is 7.23. The Morgan fingerprint density at radius 2 is 1.79 bits per heavy atom. The van der Waals surface area contributed by atoms with Crippen LogP contribution in [0.5, 0.6) is 5.75 Å². The van der Waals surface area contributed by atoms with Crippen molar-refractivity contribution in [3.63, 3.8) is 0 Å². The largest absolute Gasteiger partial charge is 0.490 e. The second-order valence-corrected chi connectivity index (χ2v) is 13.0. The summed E-state index contributed by atoms with van der Waals surface area (Å²) in [5.74, 6) is 0.0153. The minimum Gasteiger partial charge on any atom is -0.490 e. The van der Waals surface area contributed by atoms with Gasteiger partial charge in [0.05, 0.1) is 35.2 Å². The Kier molecular flexibility index (Phi) is 11.1. The molecule has 0 radical (unpaired) electrons. The minimum absolute atomic E-state index is 0.133. The van der Waals surface area contributed by atoms with E-state index in [4.69, 9.17) is 14.5 Å². The van der Waals surface area contributed by atoms with Gasteiger partial charge in [-0.05, 0) is 68.7 Å². The molecule has 0 atom stereocenters. The van der Waals surface area contributed by atoms with Gasteiger partial charge in [0.1, 0.15) is 23.9 Å². The van der Waals surface area contributed by atoms with Crippen LogP contribution in [0.3, 0.4) is 0 Å². The molecule has 2 heterocycles. The lowest BCUT2D eigenvalue weighted by molar-refractivity contribution is -0.141. The monoisotopic (exact) mass is 674 g/mol. The van der Waals surface area contributed by atoms with Gasteiger partial charge < -0.3 is 29.9 Å². The zero-order chi connectivity index (χ0) is 33.5. The number of hydrogen-bond acceptors (Lipinski definition) is 11. The third kappa shape index (κ3) is 8.47. The number of esters is 1. The molecular weight excluding hydrogens is 637 g/mol. The van der Waals surface area contributed by atoms with Gasteiger partial charge in [-0.25, -0.2) is 4.99 Å². The van der Waals surface area contributed by atoms with Gasteiger partial charge in [-0.2, -0.15) is 0 Å². The maximum atomic E-state index is 14.2. The van der Waals surface area contributed by atoms with E-state index in [0.717, 1.165) is 26.9 Å². The molecule has 0 aliphatic carbocycles. The summed E-state index contributed by atoms with van der Waals surface area (Å²) in [5.41, 5.74) is 3.91. The summed E-state index contributed by atoms with van der Waals surface area (Å²) in [6, 6.07) is 21.1. The Morgan fingerprint density at radius 3 is 2.51 bits per heavy atom. The van der Waals surface area contributed by atoms with Crippen LogP contribution in [0.4, 0.5) is 22.7 Å².